The maximum atomic E-state index is 14.0. The predicted octanol–water partition coefficient (Wildman–Crippen LogP) is 4.31. The number of nitrogens with one attached hydrogen (secondary N) is 1. The number of nitrogens with zero attached hydrogens (tertiary/aromatic N) is 4. The normalized spacial score (nSPS) is 20.7. The summed E-state index contributed by atoms with van der Waals surface area (Å²) in [5, 5.41) is 3.33. The number of hydrogen-bond acceptors (Lipinski definition) is 4. The first-order chi connectivity index (χ1) is 18.0. The monoisotopic (exact) mass is 503 g/mol. The first-order valence-electron chi connectivity index (χ1n) is 13.1. The number of carbonyl (C=O) groups excluding carboxylic acids is 1. The molecule has 2 aromatic carbocycles. The lowest BCUT2D eigenvalue weighted by Gasteiger charge is -2.43. The molecule has 2 fully saturated rings. The van der Waals surface area contributed by atoms with Crippen molar-refractivity contribution in [3.8, 4) is 11.3 Å². The first kappa shape index (κ1) is 25.1. The second-order valence-electron chi connectivity index (χ2n) is 10.1. The molecule has 37 heavy (non-hydrogen) atoms. The molecule has 5 rings (SSSR count). The molecule has 2 atom stereocenters. The van der Waals surface area contributed by atoms with E-state index in [0.29, 0.717) is 43.8 Å². The van der Waals surface area contributed by atoms with E-state index in [1.807, 2.05) is 53.2 Å². The zero-order valence-corrected chi connectivity index (χ0v) is 21.2. The van der Waals surface area contributed by atoms with Gasteiger partial charge in [0.05, 0.1) is 18.1 Å². The first-order valence-corrected chi connectivity index (χ1v) is 13.1. The van der Waals surface area contributed by atoms with Crippen LogP contribution in [0.3, 0.4) is 0 Å². The molecule has 0 bridgehead atoms. The molecule has 2 aliphatic heterocycles. The van der Waals surface area contributed by atoms with E-state index in [2.05, 4.69) is 10.3 Å². The summed E-state index contributed by atoms with van der Waals surface area (Å²) in [6.45, 7) is 2.54. The van der Waals surface area contributed by atoms with E-state index in [1.54, 1.807) is 29.1 Å². The van der Waals surface area contributed by atoms with Crippen LogP contribution in [0.4, 0.5) is 9.18 Å². The standard InChI is InChI=1S/C29H34FN5O2/c1-31-25-12-15-35(27(17-25)23-8-5-9-24(30)16-23)29(37)33-13-10-21(11-14-33)19-34-20-32-26(18-28(34)36)22-6-3-2-4-7-22/h2-9,16,18,20-21,25,27,31H,10-15,17,19H2,1H3/t25-,27+/m1/s1. The molecule has 7 nitrogen and oxygen atoms in total. The Morgan fingerprint density at radius 2 is 1.81 bits per heavy atom. The van der Waals surface area contributed by atoms with Crippen LogP contribution >= 0.6 is 0 Å². The van der Waals surface area contributed by atoms with Crippen molar-refractivity contribution in [1.29, 1.82) is 0 Å². The van der Waals surface area contributed by atoms with Crippen molar-refractivity contribution in [2.45, 2.75) is 44.3 Å². The van der Waals surface area contributed by atoms with Gasteiger partial charge in [0.2, 0.25) is 0 Å². The lowest BCUT2D eigenvalue weighted by Crippen LogP contribution is -2.52. The second kappa shape index (κ2) is 11.3. The summed E-state index contributed by atoms with van der Waals surface area (Å²) in [5.74, 6) is 0.0268. The fourth-order valence-electron chi connectivity index (χ4n) is 5.58. The van der Waals surface area contributed by atoms with Gasteiger partial charge in [-0.15, -0.1) is 0 Å². The zero-order valence-electron chi connectivity index (χ0n) is 21.2. The molecule has 1 aromatic heterocycles. The van der Waals surface area contributed by atoms with Crippen molar-refractivity contribution in [3.63, 3.8) is 0 Å². The smallest absolute Gasteiger partial charge is 0.320 e. The third kappa shape index (κ3) is 5.74. The van der Waals surface area contributed by atoms with Crippen LogP contribution < -0.4 is 10.9 Å². The summed E-state index contributed by atoms with van der Waals surface area (Å²) in [6.07, 6.45) is 4.93. The van der Waals surface area contributed by atoms with E-state index in [4.69, 9.17) is 0 Å². The number of halogens is 1. The maximum absolute atomic E-state index is 14.0. The van der Waals surface area contributed by atoms with E-state index in [0.717, 1.165) is 36.8 Å². The molecule has 0 radical (unpaired) electrons. The third-order valence-electron chi connectivity index (χ3n) is 7.78. The molecule has 1 N–H and O–H groups in total. The molecule has 2 saturated heterocycles. The van der Waals surface area contributed by atoms with Crippen LogP contribution in [0.1, 0.15) is 37.3 Å². The molecule has 2 aliphatic rings. The lowest BCUT2D eigenvalue weighted by atomic mass is 9.91. The minimum atomic E-state index is -0.279. The summed E-state index contributed by atoms with van der Waals surface area (Å²) in [7, 11) is 1.94. The number of urea groups is 1. The van der Waals surface area contributed by atoms with Crippen LogP contribution in [-0.4, -0.2) is 58.1 Å². The maximum Gasteiger partial charge on any atom is 0.320 e. The highest BCUT2D eigenvalue weighted by Gasteiger charge is 2.35. The van der Waals surface area contributed by atoms with Crippen molar-refractivity contribution in [1.82, 2.24) is 24.7 Å². The fourth-order valence-corrected chi connectivity index (χ4v) is 5.58. The highest BCUT2D eigenvalue weighted by molar-refractivity contribution is 5.75. The summed E-state index contributed by atoms with van der Waals surface area (Å²) < 4.78 is 15.7. The number of amides is 2. The number of piperidine rings is 2. The topological polar surface area (TPSA) is 70.5 Å². The van der Waals surface area contributed by atoms with Crippen molar-refractivity contribution in [3.05, 3.63) is 88.7 Å². The number of hydrogen-bond donors (Lipinski definition) is 1. The quantitative estimate of drug-likeness (QED) is 0.564. The van der Waals surface area contributed by atoms with E-state index in [1.165, 1.54) is 6.07 Å². The molecular weight excluding hydrogens is 469 g/mol. The highest BCUT2D eigenvalue weighted by atomic mass is 19.1. The van der Waals surface area contributed by atoms with Gasteiger partial charge in [0.1, 0.15) is 5.82 Å². The molecule has 3 aromatic rings. The number of rotatable bonds is 5. The predicted molar refractivity (Wildman–Crippen MR) is 142 cm³/mol. The Morgan fingerprint density at radius 1 is 1.03 bits per heavy atom. The Balaban J connectivity index is 1.21. The van der Waals surface area contributed by atoms with Gasteiger partial charge in [-0.1, -0.05) is 42.5 Å². The van der Waals surface area contributed by atoms with E-state index in [9.17, 15) is 14.0 Å². The van der Waals surface area contributed by atoms with Gasteiger partial charge >= 0.3 is 6.03 Å². The lowest BCUT2D eigenvalue weighted by molar-refractivity contribution is 0.0918. The van der Waals surface area contributed by atoms with E-state index < -0.39 is 0 Å². The Labute approximate surface area is 216 Å². The average Bonchev–Trinajstić information content (AvgIpc) is 2.94. The van der Waals surface area contributed by atoms with Crippen LogP contribution in [0.15, 0.2) is 71.8 Å². The number of aromatic nitrogens is 2. The largest absolute Gasteiger partial charge is 0.325 e. The Bertz CT molecular complexity index is 1270. The molecule has 2 amide bonds. The van der Waals surface area contributed by atoms with Gasteiger partial charge in [0, 0.05) is 43.9 Å². The molecule has 194 valence electrons. The summed E-state index contributed by atoms with van der Waals surface area (Å²) in [4.78, 5) is 34.6. The summed E-state index contributed by atoms with van der Waals surface area (Å²) in [6, 6.07) is 18.1. The van der Waals surface area contributed by atoms with Crippen molar-refractivity contribution >= 4 is 6.03 Å². The Morgan fingerprint density at radius 3 is 2.51 bits per heavy atom. The van der Waals surface area contributed by atoms with Gasteiger partial charge in [0.15, 0.2) is 0 Å². The van der Waals surface area contributed by atoms with Gasteiger partial charge in [-0.25, -0.2) is 14.2 Å². The Hall–Kier alpha value is -3.52. The van der Waals surface area contributed by atoms with Gasteiger partial charge in [-0.2, -0.15) is 0 Å². The van der Waals surface area contributed by atoms with Crippen LogP contribution in [-0.2, 0) is 6.54 Å². The number of benzene rings is 2. The molecule has 3 heterocycles. The van der Waals surface area contributed by atoms with Crippen molar-refractivity contribution in [2.24, 2.45) is 5.92 Å². The van der Waals surface area contributed by atoms with Gasteiger partial charge < -0.3 is 15.1 Å². The molecule has 0 unspecified atom stereocenters. The van der Waals surface area contributed by atoms with E-state index in [-0.39, 0.29) is 23.4 Å². The summed E-state index contributed by atoms with van der Waals surface area (Å²) >= 11 is 0. The molecule has 8 heteroatoms. The minimum Gasteiger partial charge on any atom is -0.325 e. The molecule has 0 aliphatic carbocycles. The zero-order chi connectivity index (χ0) is 25.8. The average molecular weight is 504 g/mol. The van der Waals surface area contributed by atoms with Gasteiger partial charge in [-0.3, -0.25) is 9.36 Å². The number of carbonyl (C=O) groups is 1. The fraction of sp³-hybridized carbons (Fsp3) is 0.414. The van der Waals surface area contributed by atoms with Crippen molar-refractivity contribution in [2.75, 3.05) is 26.7 Å². The van der Waals surface area contributed by atoms with Crippen LogP contribution in [0.5, 0.6) is 0 Å². The van der Waals surface area contributed by atoms with Crippen LogP contribution in [0.2, 0.25) is 0 Å². The number of likely N-dealkylation sites (tertiary alicyclic amines) is 2. The third-order valence-corrected chi connectivity index (χ3v) is 7.78. The second-order valence-corrected chi connectivity index (χ2v) is 10.1. The Kier molecular flexibility index (Phi) is 7.65. The SMILES string of the molecule is CN[C@@H]1CCN(C(=O)N2CCC(Cn3cnc(-c4ccccc4)cc3=O)CC2)[C@H](c2cccc(F)c2)C1. The van der Waals surface area contributed by atoms with Gasteiger partial charge in [0.25, 0.3) is 5.56 Å². The van der Waals surface area contributed by atoms with Crippen molar-refractivity contribution < 1.29 is 9.18 Å². The molecular formula is C29H34FN5O2. The van der Waals surface area contributed by atoms with Crippen LogP contribution in [0, 0.1) is 11.7 Å². The van der Waals surface area contributed by atoms with Crippen LogP contribution in [0.25, 0.3) is 11.3 Å². The van der Waals surface area contributed by atoms with Gasteiger partial charge in [-0.05, 0) is 56.3 Å². The highest BCUT2D eigenvalue weighted by Crippen LogP contribution is 2.33. The van der Waals surface area contributed by atoms with E-state index >= 15 is 0 Å². The molecule has 0 spiro atoms. The summed E-state index contributed by atoms with van der Waals surface area (Å²) in [5.41, 5.74) is 2.39. The molecule has 0 saturated carbocycles. The minimum absolute atomic E-state index is 0.0216.